The molecule has 0 unspecified atom stereocenters. The summed E-state index contributed by atoms with van der Waals surface area (Å²) in [5.74, 6) is 0. The van der Waals surface area contributed by atoms with E-state index in [1.54, 1.807) is 6.92 Å². The fourth-order valence-corrected chi connectivity index (χ4v) is 3.33. The SMILES string of the molecule is CCCN(CC(F)(F)F)S(=O)(=O)c1ncn(C)c1Cl. The Hall–Kier alpha value is -0.800. The Bertz CT molecular complexity index is 541. The van der Waals surface area contributed by atoms with E-state index < -0.39 is 27.8 Å². The topological polar surface area (TPSA) is 55.2 Å². The Balaban J connectivity index is 3.17. The van der Waals surface area contributed by atoms with Crippen molar-refractivity contribution < 1.29 is 21.6 Å². The van der Waals surface area contributed by atoms with Gasteiger partial charge in [-0.25, -0.2) is 13.4 Å². The third kappa shape index (κ3) is 3.83. The summed E-state index contributed by atoms with van der Waals surface area (Å²) in [5.41, 5.74) is 0. The highest BCUT2D eigenvalue weighted by atomic mass is 35.5. The van der Waals surface area contributed by atoms with E-state index in [1.807, 2.05) is 0 Å². The summed E-state index contributed by atoms with van der Waals surface area (Å²) < 4.78 is 63.0. The molecule has 0 aromatic carbocycles. The molecule has 0 radical (unpaired) electrons. The van der Waals surface area contributed by atoms with Crippen LogP contribution in [0.4, 0.5) is 13.2 Å². The molecular weight excluding hydrogens is 307 g/mol. The van der Waals surface area contributed by atoms with Crippen LogP contribution in [0.1, 0.15) is 13.3 Å². The molecule has 10 heteroatoms. The summed E-state index contributed by atoms with van der Waals surface area (Å²) in [6.45, 7) is -0.232. The van der Waals surface area contributed by atoms with E-state index in [0.717, 1.165) is 6.33 Å². The predicted molar refractivity (Wildman–Crippen MR) is 63.3 cm³/mol. The first-order valence-electron chi connectivity index (χ1n) is 5.33. The quantitative estimate of drug-likeness (QED) is 0.834. The number of sulfonamides is 1. The van der Waals surface area contributed by atoms with Crippen molar-refractivity contribution in [3.63, 3.8) is 0 Å². The maximum Gasteiger partial charge on any atom is 0.402 e. The average molecular weight is 320 g/mol. The second-order valence-electron chi connectivity index (χ2n) is 3.91. The van der Waals surface area contributed by atoms with Gasteiger partial charge in [0.1, 0.15) is 11.7 Å². The van der Waals surface area contributed by atoms with E-state index >= 15 is 0 Å². The van der Waals surface area contributed by atoms with Crippen LogP contribution in [0, 0.1) is 0 Å². The van der Waals surface area contributed by atoms with E-state index in [2.05, 4.69) is 4.98 Å². The Morgan fingerprint density at radius 1 is 1.47 bits per heavy atom. The number of nitrogens with zero attached hydrogens (tertiary/aromatic N) is 3. The molecule has 0 amide bonds. The van der Waals surface area contributed by atoms with Gasteiger partial charge in [0.2, 0.25) is 5.03 Å². The van der Waals surface area contributed by atoms with Crippen LogP contribution in [0.15, 0.2) is 11.4 Å². The van der Waals surface area contributed by atoms with Crippen molar-refractivity contribution in [1.29, 1.82) is 0 Å². The summed E-state index contributed by atoms with van der Waals surface area (Å²) in [4.78, 5) is 3.55. The van der Waals surface area contributed by atoms with E-state index in [-0.39, 0.29) is 18.1 Å². The highest BCUT2D eigenvalue weighted by molar-refractivity contribution is 7.89. The van der Waals surface area contributed by atoms with Crippen LogP contribution in [0.5, 0.6) is 0 Å². The summed E-state index contributed by atoms with van der Waals surface area (Å²) in [6.07, 6.45) is -3.24. The number of hydrogen-bond donors (Lipinski definition) is 0. The second kappa shape index (κ2) is 5.68. The molecule has 0 fully saturated rings. The molecule has 0 saturated carbocycles. The van der Waals surface area contributed by atoms with Crippen LogP contribution in [0.2, 0.25) is 5.15 Å². The van der Waals surface area contributed by atoms with Gasteiger partial charge in [-0.1, -0.05) is 18.5 Å². The molecule has 1 aromatic rings. The first-order valence-corrected chi connectivity index (χ1v) is 7.15. The van der Waals surface area contributed by atoms with Crippen molar-refractivity contribution in [2.75, 3.05) is 13.1 Å². The minimum Gasteiger partial charge on any atom is -0.324 e. The lowest BCUT2D eigenvalue weighted by Crippen LogP contribution is -2.39. The van der Waals surface area contributed by atoms with Crippen molar-refractivity contribution in [1.82, 2.24) is 13.9 Å². The van der Waals surface area contributed by atoms with E-state index in [9.17, 15) is 21.6 Å². The Labute approximate surface area is 114 Å². The summed E-state index contributed by atoms with van der Waals surface area (Å²) in [7, 11) is -2.91. The highest BCUT2D eigenvalue weighted by Gasteiger charge is 2.38. The zero-order valence-electron chi connectivity index (χ0n) is 10.3. The van der Waals surface area contributed by atoms with Gasteiger partial charge in [0.25, 0.3) is 10.0 Å². The highest BCUT2D eigenvalue weighted by Crippen LogP contribution is 2.26. The third-order valence-electron chi connectivity index (χ3n) is 2.25. The fraction of sp³-hybridized carbons (Fsp3) is 0.667. The number of alkyl halides is 3. The van der Waals surface area contributed by atoms with E-state index in [0.29, 0.717) is 4.31 Å². The molecule has 0 aliphatic carbocycles. The molecule has 1 rings (SSSR count). The Morgan fingerprint density at radius 2 is 2.05 bits per heavy atom. The van der Waals surface area contributed by atoms with Crippen LogP contribution in [0.25, 0.3) is 0 Å². The molecule has 0 bridgehead atoms. The molecule has 0 aliphatic heterocycles. The van der Waals surface area contributed by atoms with Gasteiger partial charge in [-0.15, -0.1) is 0 Å². The lowest BCUT2D eigenvalue weighted by atomic mass is 10.5. The van der Waals surface area contributed by atoms with Crippen molar-refractivity contribution in [2.24, 2.45) is 7.05 Å². The number of hydrogen-bond acceptors (Lipinski definition) is 3. The monoisotopic (exact) mass is 319 g/mol. The largest absolute Gasteiger partial charge is 0.402 e. The number of aryl methyl sites for hydroxylation is 1. The minimum absolute atomic E-state index is 0.219. The lowest BCUT2D eigenvalue weighted by Gasteiger charge is -2.21. The van der Waals surface area contributed by atoms with Crippen LogP contribution in [-0.2, 0) is 17.1 Å². The van der Waals surface area contributed by atoms with Crippen molar-refractivity contribution in [2.45, 2.75) is 24.5 Å². The predicted octanol–water partition coefficient (Wildman–Crippen LogP) is 2.04. The number of rotatable bonds is 5. The maximum absolute atomic E-state index is 12.4. The van der Waals surface area contributed by atoms with Crippen LogP contribution in [0.3, 0.4) is 0 Å². The summed E-state index contributed by atoms with van der Waals surface area (Å²) in [6, 6.07) is 0. The minimum atomic E-state index is -4.62. The van der Waals surface area contributed by atoms with Crippen LogP contribution >= 0.6 is 11.6 Å². The standard InChI is InChI=1S/C9H13ClF3N3O2S/c1-3-4-16(5-9(11,12)13)19(17,18)8-7(10)15(2)6-14-8/h6H,3-5H2,1-2H3. The molecule has 0 saturated heterocycles. The van der Waals surface area contributed by atoms with E-state index in [4.69, 9.17) is 11.6 Å². The number of aromatic nitrogens is 2. The van der Waals surface area contributed by atoms with Gasteiger partial charge in [-0.2, -0.15) is 17.5 Å². The smallest absolute Gasteiger partial charge is 0.324 e. The molecule has 5 nitrogen and oxygen atoms in total. The van der Waals surface area contributed by atoms with E-state index in [1.165, 1.54) is 11.6 Å². The van der Waals surface area contributed by atoms with Gasteiger partial charge in [-0.3, -0.25) is 0 Å². The Morgan fingerprint density at radius 3 is 2.42 bits per heavy atom. The molecule has 0 N–H and O–H groups in total. The van der Waals surface area contributed by atoms with Gasteiger partial charge in [0.05, 0.1) is 6.33 Å². The molecular formula is C9H13ClF3N3O2S. The van der Waals surface area contributed by atoms with Crippen LogP contribution < -0.4 is 0 Å². The molecule has 0 atom stereocenters. The van der Waals surface area contributed by atoms with Gasteiger partial charge < -0.3 is 4.57 Å². The second-order valence-corrected chi connectivity index (χ2v) is 6.12. The van der Waals surface area contributed by atoms with Crippen molar-refractivity contribution >= 4 is 21.6 Å². The molecule has 1 aromatic heterocycles. The van der Waals surface area contributed by atoms with Crippen LogP contribution in [-0.4, -0.2) is 41.5 Å². The zero-order chi connectivity index (χ0) is 14.8. The first-order chi connectivity index (χ1) is 8.59. The van der Waals surface area contributed by atoms with Crippen molar-refractivity contribution in [3.8, 4) is 0 Å². The maximum atomic E-state index is 12.4. The Kier molecular flexibility index (Phi) is 4.86. The summed E-state index contributed by atoms with van der Waals surface area (Å²) >= 11 is 5.72. The fourth-order valence-electron chi connectivity index (χ4n) is 1.42. The van der Waals surface area contributed by atoms with Crippen molar-refractivity contribution in [3.05, 3.63) is 11.5 Å². The first kappa shape index (κ1) is 16.3. The molecule has 1 heterocycles. The zero-order valence-corrected chi connectivity index (χ0v) is 11.8. The summed E-state index contributed by atoms with van der Waals surface area (Å²) in [5, 5.41) is -0.780. The van der Waals surface area contributed by atoms with Gasteiger partial charge in [-0.05, 0) is 6.42 Å². The van der Waals surface area contributed by atoms with Gasteiger partial charge in [0.15, 0.2) is 0 Å². The third-order valence-corrected chi connectivity index (χ3v) is 4.58. The van der Waals surface area contributed by atoms with Gasteiger partial charge >= 0.3 is 6.18 Å². The van der Waals surface area contributed by atoms with Gasteiger partial charge in [0, 0.05) is 13.6 Å². The lowest BCUT2D eigenvalue weighted by molar-refractivity contribution is -0.136. The molecule has 0 aliphatic rings. The number of imidazole rings is 1. The molecule has 110 valence electrons. The average Bonchev–Trinajstić information content (AvgIpc) is 2.57. The molecule has 19 heavy (non-hydrogen) atoms. The number of halogens is 4. The normalized spacial score (nSPS) is 13.2. The molecule has 0 spiro atoms.